The third-order valence-corrected chi connectivity index (χ3v) is 3.08. The first-order valence-corrected chi connectivity index (χ1v) is 6.08. The minimum absolute atomic E-state index is 0.0215. The second-order valence-electron chi connectivity index (χ2n) is 4.67. The summed E-state index contributed by atoms with van der Waals surface area (Å²) in [5, 5.41) is 8.97. The average Bonchev–Trinajstić information content (AvgIpc) is 2.70. The number of carboxylic acids is 1. The van der Waals surface area contributed by atoms with Gasteiger partial charge >= 0.3 is 5.97 Å². The van der Waals surface area contributed by atoms with Gasteiger partial charge in [0, 0.05) is 18.3 Å². The summed E-state index contributed by atoms with van der Waals surface area (Å²) >= 11 is 0. The standard InChI is InChI=1S/C15H17NO3/c1-10-6-4-5-7-13(10)16(3)9-12-8-11(2)14(19-12)15(17)18/h4-8H,9H2,1-3H3,(H,17,18). The highest BCUT2D eigenvalue weighted by Gasteiger charge is 2.15. The van der Waals surface area contributed by atoms with Gasteiger partial charge in [0.15, 0.2) is 0 Å². The molecule has 19 heavy (non-hydrogen) atoms. The van der Waals surface area contributed by atoms with Gasteiger partial charge in [-0.15, -0.1) is 0 Å². The molecular formula is C15H17NO3. The van der Waals surface area contributed by atoms with Gasteiger partial charge in [-0.25, -0.2) is 4.79 Å². The molecule has 1 N–H and O–H groups in total. The predicted molar refractivity (Wildman–Crippen MR) is 73.7 cm³/mol. The molecule has 4 heteroatoms. The third kappa shape index (κ3) is 2.78. The van der Waals surface area contributed by atoms with Gasteiger partial charge in [0.1, 0.15) is 5.76 Å². The van der Waals surface area contributed by atoms with Gasteiger partial charge < -0.3 is 14.4 Å². The molecule has 0 fully saturated rings. The molecule has 0 amide bonds. The van der Waals surface area contributed by atoms with Crippen LogP contribution in [0.2, 0.25) is 0 Å². The van der Waals surface area contributed by atoms with Crippen molar-refractivity contribution in [2.45, 2.75) is 20.4 Å². The van der Waals surface area contributed by atoms with E-state index in [1.807, 2.05) is 43.1 Å². The Labute approximate surface area is 112 Å². The molecule has 1 aromatic heterocycles. The number of benzene rings is 1. The summed E-state index contributed by atoms with van der Waals surface area (Å²) in [5.74, 6) is -0.351. The molecule has 0 radical (unpaired) electrons. The van der Waals surface area contributed by atoms with E-state index in [2.05, 4.69) is 0 Å². The van der Waals surface area contributed by atoms with Crippen molar-refractivity contribution in [3.8, 4) is 0 Å². The van der Waals surface area contributed by atoms with E-state index >= 15 is 0 Å². The Morgan fingerprint density at radius 1 is 1.26 bits per heavy atom. The number of rotatable bonds is 4. The summed E-state index contributed by atoms with van der Waals surface area (Å²) in [6.45, 7) is 4.32. The van der Waals surface area contributed by atoms with Crippen LogP contribution in [-0.2, 0) is 6.54 Å². The Bertz CT molecular complexity index is 601. The molecule has 0 aliphatic carbocycles. The highest BCUT2D eigenvalue weighted by molar-refractivity contribution is 5.86. The number of furan rings is 1. The van der Waals surface area contributed by atoms with E-state index in [1.54, 1.807) is 13.0 Å². The maximum Gasteiger partial charge on any atom is 0.372 e. The van der Waals surface area contributed by atoms with E-state index in [0.29, 0.717) is 17.9 Å². The molecule has 100 valence electrons. The maximum atomic E-state index is 10.9. The largest absolute Gasteiger partial charge is 0.475 e. The smallest absolute Gasteiger partial charge is 0.372 e. The van der Waals surface area contributed by atoms with Crippen molar-refractivity contribution in [2.75, 3.05) is 11.9 Å². The number of carboxylic acid groups (broad SMARTS) is 1. The lowest BCUT2D eigenvalue weighted by atomic mass is 10.2. The van der Waals surface area contributed by atoms with Crippen LogP contribution in [0.3, 0.4) is 0 Å². The fourth-order valence-electron chi connectivity index (χ4n) is 2.15. The second kappa shape index (κ2) is 5.18. The highest BCUT2D eigenvalue weighted by atomic mass is 16.4. The normalized spacial score (nSPS) is 10.5. The van der Waals surface area contributed by atoms with Crippen molar-refractivity contribution < 1.29 is 14.3 Å². The number of para-hydroxylation sites is 1. The highest BCUT2D eigenvalue weighted by Crippen LogP contribution is 2.22. The molecule has 4 nitrogen and oxygen atoms in total. The summed E-state index contributed by atoms with van der Waals surface area (Å²) in [4.78, 5) is 13.0. The predicted octanol–water partition coefficient (Wildman–Crippen LogP) is 3.23. The molecule has 2 rings (SSSR count). The van der Waals surface area contributed by atoms with Crippen LogP contribution in [0.4, 0.5) is 5.69 Å². The number of hydrogen-bond acceptors (Lipinski definition) is 3. The monoisotopic (exact) mass is 259 g/mol. The Hall–Kier alpha value is -2.23. The molecular weight excluding hydrogens is 242 g/mol. The van der Waals surface area contributed by atoms with Gasteiger partial charge in [-0.1, -0.05) is 18.2 Å². The molecule has 0 unspecified atom stereocenters. The van der Waals surface area contributed by atoms with E-state index < -0.39 is 5.97 Å². The fourth-order valence-corrected chi connectivity index (χ4v) is 2.15. The van der Waals surface area contributed by atoms with Crippen LogP contribution in [0.5, 0.6) is 0 Å². The van der Waals surface area contributed by atoms with Crippen molar-refractivity contribution in [2.24, 2.45) is 0 Å². The number of hydrogen-bond donors (Lipinski definition) is 1. The van der Waals surface area contributed by atoms with E-state index in [0.717, 1.165) is 5.69 Å². The SMILES string of the molecule is Cc1ccccc1N(C)Cc1cc(C)c(C(=O)O)o1. The summed E-state index contributed by atoms with van der Waals surface area (Å²) in [6, 6.07) is 9.82. The number of aromatic carboxylic acids is 1. The number of aryl methyl sites for hydroxylation is 2. The summed E-state index contributed by atoms with van der Waals surface area (Å²) < 4.78 is 5.37. The third-order valence-electron chi connectivity index (χ3n) is 3.08. The van der Waals surface area contributed by atoms with Gasteiger partial charge in [-0.2, -0.15) is 0 Å². The zero-order valence-corrected chi connectivity index (χ0v) is 11.3. The van der Waals surface area contributed by atoms with Crippen LogP contribution in [0.25, 0.3) is 0 Å². The first kappa shape index (κ1) is 13.2. The molecule has 0 aliphatic rings. The van der Waals surface area contributed by atoms with Crippen LogP contribution in [0, 0.1) is 13.8 Å². The molecule has 1 aromatic carbocycles. The Balaban J connectivity index is 2.20. The molecule has 0 aliphatic heterocycles. The molecule has 0 saturated heterocycles. The van der Waals surface area contributed by atoms with Gasteiger partial charge in [0.25, 0.3) is 0 Å². The summed E-state index contributed by atoms with van der Waals surface area (Å²) in [7, 11) is 1.96. The Kier molecular flexibility index (Phi) is 3.60. The molecule has 0 spiro atoms. The van der Waals surface area contributed by atoms with Gasteiger partial charge in [0.2, 0.25) is 5.76 Å². The molecule has 0 atom stereocenters. The lowest BCUT2D eigenvalue weighted by Crippen LogP contribution is -2.16. The van der Waals surface area contributed by atoms with Gasteiger partial charge in [-0.3, -0.25) is 0 Å². The van der Waals surface area contributed by atoms with Gasteiger partial charge in [0.05, 0.1) is 6.54 Å². The van der Waals surface area contributed by atoms with Crippen molar-refractivity contribution in [1.82, 2.24) is 0 Å². The quantitative estimate of drug-likeness (QED) is 0.915. The van der Waals surface area contributed by atoms with Crippen LogP contribution < -0.4 is 4.90 Å². The molecule has 1 heterocycles. The van der Waals surface area contributed by atoms with Gasteiger partial charge in [-0.05, 0) is 31.5 Å². The lowest BCUT2D eigenvalue weighted by molar-refractivity contribution is 0.0659. The fraction of sp³-hybridized carbons (Fsp3) is 0.267. The average molecular weight is 259 g/mol. The Morgan fingerprint density at radius 3 is 2.53 bits per heavy atom. The van der Waals surface area contributed by atoms with Crippen LogP contribution >= 0.6 is 0 Å². The van der Waals surface area contributed by atoms with Crippen molar-refractivity contribution in [3.05, 3.63) is 53.0 Å². The summed E-state index contributed by atoms with van der Waals surface area (Å²) in [5.41, 5.74) is 2.93. The Morgan fingerprint density at radius 2 is 1.95 bits per heavy atom. The zero-order chi connectivity index (χ0) is 14.0. The van der Waals surface area contributed by atoms with Crippen LogP contribution in [0.15, 0.2) is 34.7 Å². The summed E-state index contributed by atoms with van der Waals surface area (Å²) in [6.07, 6.45) is 0. The molecule has 2 aromatic rings. The first-order chi connectivity index (χ1) is 8.99. The maximum absolute atomic E-state index is 10.9. The molecule has 0 bridgehead atoms. The lowest BCUT2D eigenvalue weighted by Gasteiger charge is -2.19. The minimum atomic E-state index is -1.03. The molecule has 0 saturated carbocycles. The van der Waals surface area contributed by atoms with Crippen molar-refractivity contribution in [3.63, 3.8) is 0 Å². The first-order valence-electron chi connectivity index (χ1n) is 6.08. The van der Waals surface area contributed by atoms with E-state index in [4.69, 9.17) is 9.52 Å². The van der Waals surface area contributed by atoms with Crippen molar-refractivity contribution >= 4 is 11.7 Å². The van der Waals surface area contributed by atoms with E-state index in [9.17, 15) is 4.79 Å². The second-order valence-corrected chi connectivity index (χ2v) is 4.67. The van der Waals surface area contributed by atoms with Crippen LogP contribution in [-0.4, -0.2) is 18.1 Å². The van der Waals surface area contributed by atoms with Crippen LogP contribution in [0.1, 0.15) is 27.4 Å². The topological polar surface area (TPSA) is 53.7 Å². The minimum Gasteiger partial charge on any atom is -0.475 e. The zero-order valence-electron chi connectivity index (χ0n) is 11.3. The number of nitrogens with zero attached hydrogens (tertiary/aromatic N) is 1. The van der Waals surface area contributed by atoms with E-state index in [1.165, 1.54) is 5.56 Å². The number of carbonyl (C=O) groups is 1. The van der Waals surface area contributed by atoms with Crippen molar-refractivity contribution in [1.29, 1.82) is 0 Å². The van der Waals surface area contributed by atoms with E-state index in [-0.39, 0.29) is 5.76 Å². The number of anilines is 1.